The number of nitrogens with zero attached hydrogens (tertiary/aromatic N) is 1. The topological polar surface area (TPSA) is 35.8 Å². The SMILES string of the molecule is Cc1ccc(C(C#N)Nc2ccccc2)cc1Br. The number of anilines is 1. The maximum atomic E-state index is 9.27. The van der Waals surface area contributed by atoms with E-state index in [0.717, 1.165) is 21.3 Å². The first-order valence-corrected chi connectivity index (χ1v) is 6.47. The van der Waals surface area contributed by atoms with Gasteiger partial charge in [0.05, 0.1) is 6.07 Å². The predicted molar refractivity (Wildman–Crippen MR) is 77.3 cm³/mol. The highest BCUT2D eigenvalue weighted by Crippen LogP contribution is 2.24. The lowest BCUT2D eigenvalue weighted by Crippen LogP contribution is -2.08. The van der Waals surface area contributed by atoms with Crippen LogP contribution in [0.25, 0.3) is 0 Å². The van der Waals surface area contributed by atoms with Gasteiger partial charge in [0.1, 0.15) is 6.04 Å². The van der Waals surface area contributed by atoms with Crippen LogP contribution in [-0.2, 0) is 0 Å². The predicted octanol–water partition coefficient (Wildman–Crippen LogP) is 4.43. The molecular formula is C15H13BrN2. The second-order valence-electron chi connectivity index (χ2n) is 4.08. The van der Waals surface area contributed by atoms with Gasteiger partial charge in [0.2, 0.25) is 0 Å². The molecule has 0 saturated carbocycles. The summed E-state index contributed by atoms with van der Waals surface area (Å²) in [5.41, 5.74) is 3.06. The third-order valence-corrected chi connectivity index (χ3v) is 3.60. The number of hydrogen-bond acceptors (Lipinski definition) is 2. The van der Waals surface area contributed by atoms with E-state index in [-0.39, 0.29) is 6.04 Å². The van der Waals surface area contributed by atoms with E-state index >= 15 is 0 Å². The van der Waals surface area contributed by atoms with Crippen LogP contribution in [0.4, 0.5) is 5.69 Å². The van der Waals surface area contributed by atoms with Crippen molar-refractivity contribution in [1.29, 1.82) is 5.26 Å². The Morgan fingerprint density at radius 3 is 2.50 bits per heavy atom. The summed E-state index contributed by atoms with van der Waals surface area (Å²) in [6.45, 7) is 2.03. The van der Waals surface area contributed by atoms with E-state index < -0.39 is 0 Å². The lowest BCUT2D eigenvalue weighted by atomic mass is 10.1. The fourth-order valence-corrected chi connectivity index (χ4v) is 2.08. The van der Waals surface area contributed by atoms with E-state index in [9.17, 15) is 5.26 Å². The van der Waals surface area contributed by atoms with Crippen molar-refractivity contribution in [2.45, 2.75) is 13.0 Å². The minimum atomic E-state index is -0.343. The minimum Gasteiger partial charge on any atom is -0.366 e. The smallest absolute Gasteiger partial charge is 0.140 e. The molecule has 3 heteroatoms. The molecule has 0 spiro atoms. The normalized spacial score (nSPS) is 11.6. The van der Waals surface area contributed by atoms with E-state index in [1.165, 1.54) is 0 Å². The van der Waals surface area contributed by atoms with Crippen LogP contribution in [0, 0.1) is 18.3 Å². The summed E-state index contributed by atoms with van der Waals surface area (Å²) in [4.78, 5) is 0. The monoisotopic (exact) mass is 300 g/mol. The van der Waals surface area contributed by atoms with E-state index in [4.69, 9.17) is 0 Å². The molecule has 1 unspecified atom stereocenters. The van der Waals surface area contributed by atoms with Gasteiger partial charge >= 0.3 is 0 Å². The number of nitrogens with one attached hydrogen (secondary N) is 1. The zero-order chi connectivity index (χ0) is 13.0. The highest BCUT2D eigenvalue weighted by atomic mass is 79.9. The third-order valence-electron chi connectivity index (χ3n) is 2.74. The fraction of sp³-hybridized carbons (Fsp3) is 0.133. The first-order chi connectivity index (χ1) is 8.70. The number of nitriles is 1. The summed E-state index contributed by atoms with van der Waals surface area (Å²) in [5.74, 6) is 0. The number of para-hydroxylation sites is 1. The molecule has 2 aromatic rings. The van der Waals surface area contributed by atoms with Crippen molar-refractivity contribution in [3.8, 4) is 6.07 Å². The average molecular weight is 301 g/mol. The molecule has 0 fully saturated rings. The fourth-order valence-electron chi connectivity index (χ4n) is 1.68. The Hall–Kier alpha value is -1.79. The molecule has 0 radical (unpaired) electrons. The number of aryl methyl sites for hydroxylation is 1. The van der Waals surface area contributed by atoms with Crippen LogP contribution in [0.15, 0.2) is 53.0 Å². The summed E-state index contributed by atoms with van der Waals surface area (Å²) in [5, 5.41) is 12.5. The van der Waals surface area contributed by atoms with Crippen molar-refractivity contribution >= 4 is 21.6 Å². The first-order valence-electron chi connectivity index (χ1n) is 5.68. The molecule has 0 amide bonds. The molecule has 2 aromatic carbocycles. The summed E-state index contributed by atoms with van der Waals surface area (Å²) in [6.07, 6.45) is 0. The lowest BCUT2D eigenvalue weighted by Gasteiger charge is -2.14. The van der Waals surface area contributed by atoms with Crippen LogP contribution >= 0.6 is 15.9 Å². The van der Waals surface area contributed by atoms with Crippen molar-refractivity contribution in [3.63, 3.8) is 0 Å². The molecule has 0 aliphatic carbocycles. The van der Waals surface area contributed by atoms with E-state index in [0.29, 0.717) is 0 Å². The largest absolute Gasteiger partial charge is 0.366 e. The van der Waals surface area contributed by atoms with E-state index in [1.807, 2.05) is 55.5 Å². The number of halogens is 1. The average Bonchev–Trinajstić information content (AvgIpc) is 2.40. The second kappa shape index (κ2) is 5.70. The van der Waals surface area contributed by atoms with Gasteiger partial charge in [0, 0.05) is 10.2 Å². The first kappa shape index (κ1) is 12.7. The summed E-state index contributed by atoms with van der Waals surface area (Å²) < 4.78 is 1.02. The molecule has 18 heavy (non-hydrogen) atoms. The van der Waals surface area contributed by atoms with Gasteiger partial charge in [0.15, 0.2) is 0 Å². The molecule has 0 saturated heterocycles. The Balaban J connectivity index is 2.24. The molecule has 0 aromatic heterocycles. The molecule has 90 valence electrons. The van der Waals surface area contributed by atoms with Gasteiger partial charge in [-0.15, -0.1) is 0 Å². The third kappa shape index (κ3) is 2.91. The van der Waals surface area contributed by atoms with Gasteiger partial charge in [-0.1, -0.05) is 46.3 Å². The molecule has 1 atom stereocenters. The van der Waals surface area contributed by atoms with Gasteiger partial charge < -0.3 is 5.32 Å². The molecule has 0 aliphatic heterocycles. The molecular weight excluding hydrogens is 288 g/mol. The Labute approximate surface area is 115 Å². The molecule has 0 heterocycles. The maximum absolute atomic E-state index is 9.27. The van der Waals surface area contributed by atoms with E-state index in [1.54, 1.807) is 0 Å². The van der Waals surface area contributed by atoms with Crippen molar-refractivity contribution in [2.75, 3.05) is 5.32 Å². The van der Waals surface area contributed by atoms with Gasteiger partial charge in [-0.25, -0.2) is 0 Å². The Kier molecular flexibility index (Phi) is 4.01. The van der Waals surface area contributed by atoms with Gasteiger partial charge in [-0.2, -0.15) is 5.26 Å². The van der Waals surface area contributed by atoms with Crippen molar-refractivity contribution < 1.29 is 0 Å². The quantitative estimate of drug-likeness (QED) is 0.910. The number of hydrogen-bond donors (Lipinski definition) is 1. The highest BCUT2D eigenvalue weighted by molar-refractivity contribution is 9.10. The van der Waals surface area contributed by atoms with Gasteiger partial charge in [0.25, 0.3) is 0 Å². The van der Waals surface area contributed by atoms with Crippen LogP contribution in [0.5, 0.6) is 0 Å². The van der Waals surface area contributed by atoms with E-state index in [2.05, 4.69) is 27.3 Å². The van der Waals surface area contributed by atoms with Crippen molar-refractivity contribution in [3.05, 3.63) is 64.1 Å². The van der Waals surface area contributed by atoms with Gasteiger partial charge in [-0.05, 0) is 36.2 Å². The van der Waals surface area contributed by atoms with Crippen molar-refractivity contribution in [2.24, 2.45) is 0 Å². The van der Waals surface area contributed by atoms with Crippen LogP contribution in [0.1, 0.15) is 17.2 Å². The van der Waals surface area contributed by atoms with Crippen LogP contribution < -0.4 is 5.32 Å². The summed E-state index contributed by atoms with van der Waals surface area (Å²) in [7, 11) is 0. The Morgan fingerprint density at radius 2 is 1.89 bits per heavy atom. The molecule has 2 nitrogen and oxygen atoms in total. The summed E-state index contributed by atoms with van der Waals surface area (Å²) >= 11 is 3.49. The zero-order valence-corrected chi connectivity index (χ0v) is 11.6. The van der Waals surface area contributed by atoms with Crippen LogP contribution in [-0.4, -0.2) is 0 Å². The minimum absolute atomic E-state index is 0.343. The van der Waals surface area contributed by atoms with Crippen LogP contribution in [0.3, 0.4) is 0 Å². The van der Waals surface area contributed by atoms with Gasteiger partial charge in [-0.3, -0.25) is 0 Å². The molecule has 0 bridgehead atoms. The summed E-state index contributed by atoms with van der Waals surface area (Å²) in [6, 6.07) is 17.7. The van der Waals surface area contributed by atoms with Crippen molar-refractivity contribution in [1.82, 2.24) is 0 Å². The number of benzene rings is 2. The zero-order valence-electron chi connectivity index (χ0n) is 10.0. The van der Waals surface area contributed by atoms with Crippen LogP contribution in [0.2, 0.25) is 0 Å². The standard InChI is InChI=1S/C15H13BrN2/c1-11-7-8-12(9-14(11)16)15(10-17)18-13-5-3-2-4-6-13/h2-9,15,18H,1H3. The molecule has 0 aliphatic rings. The molecule has 2 rings (SSSR count). The second-order valence-corrected chi connectivity index (χ2v) is 4.94. The maximum Gasteiger partial charge on any atom is 0.140 e. The Bertz CT molecular complexity index is 573. The molecule has 1 N–H and O–H groups in total. The highest BCUT2D eigenvalue weighted by Gasteiger charge is 2.11. The number of rotatable bonds is 3. The lowest BCUT2D eigenvalue weighted by molar-refractivity contribution is 0.994. The Morgan fingerprint density at radius 1 is 1.17 bits per heavy atom.